The molecular weight excluding hydrogens is 227 g/mol. The molecule has 0 saturated carbocycles. The lowest BCUT2D eigenvalue weighted by Gasteiger charge is -2.30. The highest BCUT2D eigenvalue weighted by molar-refractivity contribution is 6.44. The minimum atomic E-state index is -0.514. The summed E-state index contributed by atoms with van der Waals surface area (Å²) in [6, 6.07) is 0. The van der Waals surface area contributed by atoms with Gasteiger partial charge in [0.05, 0.1) is 6.61 Å². The number of hydrogen-bond acceptors (Lipinski definition) is 5. The lowest BCUT2D eigenvalue weighted by atomic mass is 9.59. The van der Waals surface area contributed by atoms with Crippen LogP contribution in [0.25, 0.3) is 0 Å². The Bertz CT molecular complexity index is 276. The molecule has 1 heterocycles. The summed E-state index contributed by atoms with van der Waals surface area (Å²) in [5.74, 6) is -1.01. The van der Waals surface area contributed by atoms with Gasteiger partial charge in [0.1, 0.15) is 13.9 Å². The Kier molecular flexibility index (Phi) is 5.78. The minimum absolute atomic E-state index is 0.187. The van der Waals surface area contributed by atoms with Gasteiger partial charge in [-0.3, -0.25) is 10.0 Å². The zero-order valence-corrected chi connectivity index (χ0v) is 9.72. The van der Waals surface area contributed by atoms with E-state index < -0.39 is 17.8 Å². The molecule has 0 aromatic rings. The van der Waals surface area contributed by atoms with Gasteiger partial charge in [-0.15, -0.1) is 0 Å². The zero-order valence-electron chi connectivity index (χ0n) is 9.72. The lowest BCUT2D eigenvalue weighted by molar-refractivity contribution is -0.129. The van der Waals surface area contributed by atoms with Crippen molar-refractivity contribution in [2.75, 3.05) is 33.4 Å². The number of nitrogens with one attached hydrogen (secondary N) is 1. The Morgan fingerprint density at radius 3 is 2.94 bits per heavy atom. The second kappa shape index (κ2) is 7.13. The van der Waals surface area contributed by atoms with E-state index in [1.54, 1.807) is 12.8 Å². The Morgan fingerprint density at radius 1 is 1.53 bits per heavy atom. The predicted molar refractivity (Wildman–Crippen MR) is 59.0 cm³/mol. The third kappa shape index (κ3) is 4.24. The summed E-state index contributed by atoms with van der Waals surface area (Å²) >= 11 is 0. The van der Waals surface area contributed by atoms with Gasteiger partial charge in [-0.05, 0) is 0 Å². The molecule has 1 atom stereocenters. The average molecular weight is 243 g/mol. The van der Waals surface area contributed by atoms with Gasteiger partial charge in [-0.2, -0.15) is 0 Å². The first-order valence-corrected chi connectivity index (χ1v) is 5.37. The molecule has 1 aliphatic rings. The molecule has 1 rings (SSSR count). The SMILES string of the molecule is COCCOC(=O)N1CC[B][C@@H](C(=O)NO)C1. The van der Waals surface area contributed by atoms with Crippen LogP contribution in [-0.2, 0) is 14.3 Å². The molecule has 1 saturated heterocycles. The van der Waals surface area contributed by atoms with Gasteiger partial charge in [-0.1, -0.05) is 6.32 Å². The van der Waals surface area contributed by atoms with Crippen molar-refractivity contribution in [2.45, 2.75) is 12.1 Å². The molecule has 2 amide bonds. The summed E-state index contributed by atoms with van der Waals surface area (Å²) in [5.41, 5.74) is 1.58. The standard InChI is InChI=1S/C9H16BN2O5/c1-16-4-5-17-9(14)12-3-2-10-7(6-12)8(13)11-15/h7,15H,2-6H2,1H3,(H,11,13)/t7-/m1/s1. The normalized spacial score (nSPS) is 19.4. The first kappa shape index (κ1) is 13.8. The smallest absolute Gasteiger partial charge is 0.409 e. The lowest BCUT2D eigenvalue weighted by Crippen LogP contribution is -2.45. The molecule has 1 radical (unpaired) electrons. The molecule has 1 aliphatic heterocycles. The van der Waals surface area contributed by atoms with E-state index >= 15 is 0 Å². The molecule has 7 nitrogen and oxygen atoms in total. The highest BCUT2D eigenvalue weighted by atomic mass is 16.6. The quantitative estimate of drug-likeness (QED) is 0.301. The van der Waals surface area contributed by atoms with Gasteiger partial charge >= 0.3 is 6.09 Å². The molecule has 0 aromatic heterocycles. The van der Waals surface area contributed by atoms with Crippen molar-refractivity contribution in [3.63, 3.8) is 0 Å². The monoisotopic (exact) mass is 243 g/mol. The van der Waals surface area contributed by atoms with E-state index in [0.29, 0.717) is 19.5 Å². The molecule has 0 aliphatic carbocycles. The summed E-state index contributed by atoms with van der Waals surface area (Å²) in [5, 5.41) is 8.51. The predicted octanol–water partition coefficient (Wildman–Crippen LogP) is -0.499. The highest BCUT2D eigenvalue weighted by Gasteiger charge is 2.29. The van der Waals surface area contributed by atoms with E-state index in [9.17, 15) is 9.59 Å². The van der Waals surface area contributed by atoms with Crippen LogP contribution in [-0.4, -0.2) is 62.8 Å². The van der Waals surface area contributed by atoms with Crippen LogP contribution in [0, 0.1) is 0 Å². The maximum absolute atomic E-state index is 11.6. The second-order valence-corrected chi connectivity index (χ2v) is 3.66. The fourth-order valence-electron chi connectivity index (χ4n) is 1.58. The Hall–Kier alpha value is -1.28. The number of carbonyl (C=O) groups excluding carboxylic acids is 2. The maximum Gasteiger partial charge on any atom is 0.409 e. The van der Waals surface area contributed by atoms with Crippen LogP contribution < -0.4 is 5.48 Å². The molecule has 0 aromatic carbocycles. The second-order valence-electron chi connectivity index (χ2n) is 3.66. The molecule has 8 heteroatoms. The van der Waals surface area contributed by atoms with E-state index in [2.05, 4.69) is 0 Å². The van der Waals surface area contributed by atoms with Gasteiger partial charge in [0.25, 0.3) is 0 Å². The molecule has 95 valence electrons. The first-order chi connectivity index (χ1) is 8.19. The maximum atomic E-state index is 11.6. The number of hydrogen-bond donors (Lipinski definition) is 2. The van der Waals surface area contributed by atoms with Crippen LogP contribution in [0.15, 0.2) is 0 Å². The van der Waals surface area contributed by atoms with E-state index in [-0.39, 0.29) is 13.2 Å². The van der Waals surface area contributed by atoms with Crippen LogP contribution in [0.4, 0.5) is 4.79 Å². The Balaban J connectivity index is 2.37. The van der Waals surface area contributed by atoms with Gasteiger partial charge in [-0.25, -0.2) is 10.3 Å². The van der Waals surface area contributed by atoms with Crippen molar-refractivity contribution in [2.24, 2.45) is 0 Å². The summed E-state index contributed by atoms with van der Waals surface area (Å²) < 4.78 is 9.69. The number of nitrogens with zero attached hydrogens (tertiary/aromatic N) is 1. The summed E-state index contributed by atoms with van der Waals surface area (Å²) in [4.78, 5) is 24.2. The van der Waals surface area contributed by atoms with Gasteiger partial charge < -0.3 is 14.4 Å². The largest absolute Gasteiger partial charge is 0.447 e. The van der Waals surface area contributed by atoms with E-state index in [1.807, 2.05) is 0 Å². The first-order valence-electron chi connectivity index (χ1n) is 5.37. The number of methoxy groups -OCH3 is 1. The minimum Gasteiger partial charge on any atom is -0.447 e. The van der Waals surface area contributed by atoms with Crippen LogP contribution in [0.5, 0.6) is 0 Å². The van der Waals surface area contributed by atoms with Gasteiger partial charge in [0.2, 0.25) is 5.91 Å². The van der Waals surface area contributed by atoms with Crippen LogP contribution in [0.3, 0.4) is 0 Å². The van der Waals surface area contributed by atoms with Gasteiger partial charge in [0, 0.05) is 26.0 Å². The number of hydroxylamine groups is 1. The summed E-state index contributed by atoms with van der Waals surface area (Å²) in [6.07, 6.45) is 0.128. The third-order valence-corrected chi connectivity index (χ3v) is 2.49. The fourth-order valence-corrected chi connectivity index (χ4v) is 1.58. The third-order valence-electron chi connectivity index (χ3n) is 2.49. The number of carbonyl (C=O) groups is 2. The fraction of sp³-hybridized carbons (Fsp3) is 0.778. The molecular formula is C9H16BN2O5. The van der Waals surface area contributed by atoms with Crippen molar-refractivity contribution in [3.8, 4) is 0 Å². The molecule has 17 heavy (non-hydrogen) atoms. The van der Waals surface area contributed by atoms with E-state index in [4.69, 9.17) is 14.7 Å². The van der Waals surface area contributed by atoms with Crippen molar-refractivity contribution in [3.05, 3.63) is 0 Å². The van der Waals surface area contributed by atoms with E-state index in [0.717, 1.165) is 0 Å². The van der Waals surface area contributed by atoms with Crippen molar-refractivity contribution in [1.29, 1.82) is 0 Å². The number of amides is 2. The van der Waals surface area contributed by atoms with Gasteiger partial charge in [0.15, 0.2) is 0 Å². The molecule has 0 unspecified atom stereocenters. The number of ether oxygens (including phenoxy) is 2. The molecule has 1 fully saturated rings. The molecule has 0 spiro atoms. The highest BCUT2D eigenvalue weighted by Crippen LogP contribution is 2.16. The number of rotatable bonds is 4. The topological polar surface area (TPSA) is 88.1 Å². The van der Waals surface area contributed by atoms with Crippen molar-refractivity contribution < 1.29 is 24.3 Å². The Labute approximate surface area is 100 Å². The van der Waals surface area contributed by atoms with Crippen molar-refractivity contribution in [1.82, 2.24) is 10.4 Å². The van der Waals surface area contributed by atoms with Crippen LogP contribution in [0.2, 0.25) is 12.1 Å². The zero-order chi connectivity index (χ0) is 12.7. The van der Waals surface area contributed by atoms with E-state index in [1.165, 1.54) is 12.0 Å². The summed E-state index contributed by atoms with van der Waals surface area (Å²) in [6.45, 7) is 1.26. The Morgan fingerprint density at radius 2 is 2.29 bits per heavy atom. The van der Waals surface area contributed by atoms with Crippen LogP contribution in [0.1, 0.15) is 0 Å². The molecule has 0 bridgehead atoms. The average Bonchev–Trinajstić information content (AvgIpc) is 2.38. The summed E-state index contributed by atoms with van der Waals surface area (Å²) in [7, 11) is 3.29. The molecule has 2 N–H and O–H groups in total. The van der Waals surface area contributed by atoms with Crippen molar-refractivity contribution >= 4 is 19.3 Å². The van der Waals surface area contributed by atoms with Crippen LogP contribution >= 0.6 is 0 Å².